The molecule has 2 aromatic rings. The normalized spacial score (nSPS) is 19.6. The third-order valence-corrected chi connectivity index (χ3v) is 4.48. The lowest BCUT2D eigenvalue weighted by molar-refractivity contribution is 0.0115. The number of fused-ring (bicyclic) bond motifs is 1. The summed E-state index contributed by atoms with van der Waals surface area (Å²) in [6, 6.07) is 0. The number of nitrogens with zero attached hydrogens (tertiary/aromatic N) is 2. The van der Waals surface area contributed by atoms with Gasteiger partial charge in [0, 0.05) is 24.7 Å². The molecule has 1 fully saturated rings. The van der Waals surface area contributed by atoms with E-state index in [1.807, 2.05) is 11.6 Å². The summed E-state index contributed by atoms with van der Waals surface area (Å²) in [6.07, 6.45) is 7.27. The van der Waals surface area contributed by atoms with E-state index in [0.29, 0.717) is 6.10 Å². The molecule has 0 bridgehead atoms. The van der Waals surface area contributed by atoms with Crippen molar-refractivity contribution in [2.75, 3.05) is 20.3 Å². The average molecular weight is 295 g/mol. The molecule has 0 saturated carbocycles. The zero-order valence-electron chi connectivity index (χ0n) is 11.8. The van der Waals surface area contributed by atoms with Gasteiger partial charge in [-0.25, -0.2) is 0 Å². The summed E-state index contributed by atoms with van der Waals surface area (Å²) in [5.41, 5.74) is 1.09. The smallest absolute Gasteiger partial charge is 0.237 e. The van der Waals surface area contributed by atoms with Crippen molar-refractivity contribution in [1.82, 2.24) is 14.7 Å². The highest BCUT2D eigenvalue weighted by Gasteiger charge is 2.15. The maximum Gasteiger partial charge on any atom is 0.237 e. The Bertz CT molecular complexity index is 546. The Morgan fingerprint density at radius 1 is 1.55 bits per heavy atom. The number of aromatic nitrogens is 2. The molecule has 3 rings (SSSR count). The van der Waals surface area contributed by atoms with Crippen molar-refractivity contribution < 1.29 is 9.47 Å². The van der Waals surface area contributed by atoms with Crippen LogP contribution in [0.3, 0.4) is 0 Å². The summed E-state index contributed by atoms with van der Waals surface area (Å²) < 4.78 is 13.2. The van der Waals surface area contributed by atoms with Gasteiger partial charge in [-0.3, -0.25) is 4.40 Å². The number of nitrogens with one attached hydrogen (secondary N) is 1. The Morgan fingerprint density at radius 2 is 2.50 bits per heavy atom. The van der Waals surface area contributed by atoms with Crippen LogP contribution < -0.4 is 10.1 Å². The van der Waals surface area contributed by atoms with Crippen molar-refractivity contribution in [2.45, 2.75) is 38.3 Å². The lowest BCUT2D eigenvalue weighted by Gasteiger charge is -2.22. The van der Waals surface area contributed by atoms with Crippen LogP contribution in [0.5, 0.6) is 5.88 Å². The zero-order chi connectivity index (χ0) is 13.8. The average Bonchev–Trinajstić information content (AvgIpc) is 3.06. The minimum atomic E-state index is 0.435. The summed E-state index contributed by atoms with van der Waals surface area (Å²) in [4.78, 5) is 5.44. The van der Waals surface area contributed by atoms with Crippen LogP contribution in [0.4, 0.5) is 0 Å². The predicted molar refractivity (Wildman–Crippen MR) is 79.5 cm³/mol. The second-order valence-corrected chi connectivity index (χ2v) is 5.95. The Kier molecular flexibility index (Phi) is 4.54. The zero-order valence-corrected chi connectivity index (χ0v) is 12.6. The minimum absolute atomic E-state index is 0.435. The summed E-state index contributed by atoms with van der Waals surface area (Å²) >= 11 is 1.62. The van der Waals surface area contributed by atoms with E-state index >= 15 is 0 Å². The topological polar surface area (TPSA) is 47.8 Å². The quantitative estimate of drug-likeness (QED) is 0.832. The van der Waals surface area contributed by atoms with Crippen LogP contribution in [0.15, 0.2) is 11.6 Å². The maximum absolute atomic E-state index is 5.74. The van der Waals surface area contributed by atoms with Crippen LogP contribution >= 0.6 is 11.3 Å². The molecule has 1 saturated heterocycles. The van der Waals surface area contributed by atoms with Crippen LogP contribution in [0, 0.1) is 0 Å². The minimum Gasteiger partial charge on any atom is -0.480 e. The SMILES string of the molecule is COc1nc2sccn2c1CNCCC1CCCCO1. The summed E-state index contributed by atoms with van der Waals surface area (Å²) in [5.74, 6) is 0.721. The van der Waals surface area contributed by atoms with Crippen molar-refractivity contribution in [2.24, 2.45) is 0 Å². The molecule has 6 heteroatoms. The second-order valence-electron chi connectivity index (χ2n) is 5.08. The van der Waals surface area contributed by atoms with E-state index in [1.165, 1.54) is 19.3 Å². The largest absolute Gasteiger partial charge is 0.480 e. The van der Waals surface area contributed by atoms with Gasteiger partial charge in [0.1, 0.15) is 5.69 Å². The van der Waals surface area contributed by atoms with Crippen molar-refractivity contribution in [1.29, 1.82) is 0 Å². The van der Waals surface area contributed by atoms with Gasteiger partial charge >= 0.3 is 0 Å². The first kappa shape index (κ1) is 13.9. The lowest BCUT2D eigenvalue weighted by Crippen LogP contribution is -2.25. The Balaban J connectivity index is 1.52. The third kappa shape index (κ3) is 2.97. The van der Waals surface area contributed by atoms with Crippen LogP contribution in [-0.4, -0.2) is 35.8 Å². The molecule has 1 aliphatic heterocycles. The molecule has 0 aliphatic carbocycles. The van der Waals surface area contributed by atoms with Gasteiger partial charge in [0.25, 0.3) is 0 Å². The van der Waals surface area contributed by atoms with Gasteiger partial charge in [-0.15, -0.1) is 11.3 Å². The number of hydrogen-bond donors (Lipinski definition) is 1. The molecule has 1 unspecified atom stereocenters. The first-order valence-corrected chi connectivity index (χ1v) is 8.07. The number of hydrogen-bond acceptors (Lipinski definition) is 5. The van der Waals surface area contributed by atoms with E-state index in [1.54, 1.807) is 18.4 Å². The molecule has 1 atom stereocenters. The molecule has 110 valence electrons. The van der Waals surface area contributed by atoms with E-state index in [2.05, 4.69) is 14.7 Å². The van der Waals surface area contributed by atoms with Gasteiger partial charge in [0.2, 0.25) is 5.88 Å². The highest BCUT2D eigenvalue weighted by atomic mass is 32.1. The Morgan fingerprint density at radius 3 is 3.30 bits per heavy atom. The number of rotatable bonds is 6. The fourth-order valence-electron chi connectivity index (χ4n) is 2.64. The number of methoxy groups -OCH3 is 1. The monoisotopic (exact) mass is 295 g/mol. The van der Waals surface area contributed by atoms with Crippen LogP contribution in [0.25, 0.3) is 4.96 Å². The predicted octanol–water partition coefficient (Wildman–Crippen LogP) is 2.45. The molecular formula is C14H21N3O2S. The van der Waals surface area contributed by atoms with Gasteiger partial charge in [0.05, 0.1) is 13.2 Å². The molecule has 0 aromatic carbocycles. The molecule has 3 heterocycles. The van der Waals surface area contributed by atoms with Crippen molar-refractivity contribution in [3.63, 3.8) is 0 Å². The van der Waals surface area contributed by atoms with E-state index in [4.69, 9.17) is 9.47 Å². The lowest BCUT2D eigenvalue weighted by atomic mass is 10.1. The van der Waals surface area contributed by atoms with Crippen LogP contribution in [0.1, 0.15) is 31.4 Å². The van der Waals surface area contributed by atoms with Crippen LogP contribution in [0.2, 0.25) is 0 Å². The van der Waals surface area contributed by atoms with Crippen molar-refractivity contribution in [3.05, 3.63) is 17.3 Å². The molecule has 0 spiro atoms. The van der Waals surface area contributed by atoms with E-state index in [-0.39, 0.29) is 0 Å². The van der Waals surface area contributed by atoms with Gasteiger partial charge in [0.15, 0.2) is 4.96 Å². The highest BCUT2D eigenvalue weighted by molar-refractivity contribution is 7.15. The standard InChI is InChI=1S/C14H21N3O2S/c1-18-13-12(17-7-9-20-14(17)16-13)10-15-6-5-11-4-2-3-8-19-11/h7,9,11,15H,2-6,8,10H2,1H3. The van der Waals surface area contributed by atoms with E-state index in [0.717, 1.165) is 42.7 Å². The number of thiazole rings is 1. The van der Waals surface area contributed by atoms with Crippen molar-refractivity contribution in [3.8, 4) is 5.88 Å². The van der Waals surface area contributed by atoms with Crippen molar-refractivity contribution >= 4 is 16.3 Å². The van der Waals surface area contributed by atoms with Gasteiger partial charge in [-0.1, -0.05) is 0 Å². The van der Waals surface area contributed by atoms with E-state index < -0.39 is 0 Å². The molecular weight excluding hydrogens is 274 g/mol. The summed E-state index contributed by atoms with van der Waals surface area (Å²) in [5, 5.41) is 5.52. The van der Waals surface area contributed by atoms with Gasteiger partial charge < -0.3 is 14.8 Å². The first-order chi connectivity index (χ1) is 9.88. The Labute approximate surface area is 122 Å². The molecule has 5 nitrogen and oxygen atoms in total. The number of imidazole rings is 1. The summed E-state index contributed by atoms with van der Waals surface area (Å²) in [6.45, 7) is 2.66. The fraction of sp³-hybridized carbons (Fsp3) is 0.643. The molecule has 20 heavy (non-hydrogen) atoms. The third-order valence-electron chi connectivity index (χ3n) is 3.73. The Hall–Kier alpha value is -1.11. The fourth-order valence-corrected chi connectivity index (χ4v) is 3.37. The number of ether oxygens (including phenoxy) is 2. The molecule has 0 radical (unpaired) electrons. The highest BCUT2D eigenvalue weighted by Crippen LogP contribution is 2.23. The second kappa shape index (κ2) is 6.56. The van der Waals surface area contributed by atoms with Gasteiger partial charge in [-0.2, -0.15) is 4.98 Å². The molecule has 1 N–H and O–H groups in total. The summed E-state index contributed by atoms with van der Waals surface area (Å²) in [7, 11) is 1.67. The molecule has 0 amide bonds. The first-order valence-electron chi connectivity index (χ1n) is 7.19. The molecule has 1 aliphatic rings. The van der Waals surface area contributed by atoms with Crippen LogP contribution in [-0.2, 0) is 11.3 Å². The molecule has 2 aromatic heterocycles. The van der Waals surface area contributed by atoms with E-state index in [9.17, 15) is 0 Å². The maximum atomic E-state index is 5.74. The van der Waals surface area contributed by atoms with Gasteiger partial charge in [-0.05, 0) is 32.2 Å².